The molecule has 0 aliphatic rings. The monoisotopic (exact) mass is 326 g/mol. The number of benzene rings is 1. The molecule has 6 heteroatoms. The van der Waals surface area contributed by atoms with Gasteiger partial charge in [0.2, 0.25) is 0 Å². The zero-order valence-electron chi connectivity index (χ0n) is 12.5. The number of H-pyrrole nitrogens is 1. The van der Waals surface area contributed by atoms with Gasteiger partial charge in [0, 0.05) is 28.7 Å². The van der Waals surface area contributed by atoms with E-state index in [1.54, 1.807) is 6.20 Å². The van der Waals surface area contributed by atoms with Crippen LogP contribution in [0.2, 0.25) is 5.02 Å². The quantitative estimate of drug-likeness (QED) is 0.602. The third-order valence-corrected chi connectivity index (χ3v) is 4.27. The average Bonchev–Trinajstić information content (AvgIpc) is 3.13. The summed E-state index contributed by atoms with van der Waals surface area (Å²) in [5.74, 6) is 0. The number of aromatic amines is 1. The van der Waals surface area contributed by atoms with E-state index in [4.69, 9.17) is 11.6 Å². The van der Waals surface area contributed by atoms with E-state index < -0.39 is 0 Å². The average molecular weight is 327 g/mol. The maximum atomic E-state index is 9.50. The lowest BCUT2D eigenvalue weighted by molar-refractivity contribution is 0.283. The number of pyridine rings is 1. The molecular weight excluding hydrogens is 312 g/mol. The molecule has 0 fully saturated rings. The number of fused-ring (bicyclic) bond motifs is 2. The fourth-order valence-corrected chi connectivity index (χ4v) is 3.13. The molecule has 0 spiro atoms. The van der Waals surface area contributed by atoms with E-state index in [-0.39, 0.29) is 6.61 Å². The minimum Gasteiger partial charge on any atom is -0.392 e. The second-order valence-corrected chi connectivity index (χ2v) is 5.83. The maximum absolute atomic E-state index is 9.50. The van der Waals surface area contributed by atoms with Gasteiger partial charge in [-0.15, -0.1) is 0 Å². The standard InChI is InChI=1S/C17H15ClN4O/c1-2-22-17(12-4-3-11(18)7-13(12)21-22)15-8-14-16(20-15)10(9-23)5-6-19-14/h3-8,20,23H,2,9H2,1H3. The van der Waals surface area contributed by atoms with Crippen molar-refractivity contribution in [2.45, 2.75) is 20.1 Å². The molecule has 5 nitrogen and oxygen atoms in total. The summed E-state index contributed by atoms with van der Waals surface area (Å²) in [5, 5.41) is 15.8. The molecule has 0 amide bonds. The van der Waals surface area contributed by atoms with Crippen molar-refractivity contribution in [1.82, 2.24) is 19.7 Å². The van der Waals surface area contributed by atoms with Crippen LogP contribution in [-0.4, -0.2) is 24.9 Å². The summed E-state index contributed by atoms with van der Waals surface area (Å²) in [7, 11) is 0. The smallest absolute Gasteiger partial charge is 0.0945 e. The van der Waals surface area contributed by atoms with Crippen molar-refractivity contribution in [1.29, 1.82) is 0 Å². The first kappa shape index (κ1) is 14.2. The van der Waals surface area contributed by atoms with E-state index in [0.29, 0.717) is 5.02 Å². The summed E-state index contributed by atoms with van der Waals surface area (Å²) in [4.78, 5) is 7.76. The molecule has 3 aromatic heterocycles. The fourth-order valence-electron chi connectivity index (χ4n) is 2.96. The van der Waals surface area contributed by atoms with Crippen LogP contribution in [0.3, 0.4) is 0 Å². The molecule has 0 atom stereocenters. The van der Waals surface area contributed by atoms with Crippen LogP contribution < -0.4 is 0 Å². The SMILES string of the molecule is CCn1nc2cc(Cl)ccc2c1-c1cc2nccc(CO)c2[nH]1. The highest BCUT2D eigenvalue weighted by Crippen LogP contribution is 2.32. The van der Waals surface area contributed by atoms with Crippen LogP contribution in [0.15, 0.2) is 36.5 Å². The zero-order chi connectivity index (χ0) is 16.0. The highest BCUT2D eigenvalue weighted by Gasteiger charge is 2.16. The van der Waals surface area contributed by atoms with Crippen molar-refractivity contribution in [3.63, 3.8) is 0 Å². The molecule has 0 saturated carbocycles. The summed E-state index contributed by atoms with van der Waals surface area (Å²) in [5.41, 5.74) is 5.31. The molecule has 0 bridgehead atoms. The lowest BCUT2D eigenvalue weighted by Gasteiger charge is -2.03. The van der Waals surface area contributed by atoms with E-state index in [9.17, 15) is 5.11 Å². The third-order valence-electron chi connectivity index (χ3n) is 4.03. The normalized spacial score (nSPS) is 11.6. The molecule has 4 aromatic rings. The van der Waals surface area contributed by atoms with Crippen molar-refractivity contribution in [3.8, 4) is 11.4 Å². The Morgan fingerprint density at radius 1 is 1.22 bits per heavy atom. The number of aliphatic hydroxyl groups is 1. The molecule has 1 aromatic carbocycles. The first-order valence-electron chi connectivity index (χ1n) is 7.45. The Morgan fingerprint density at radius 2 is 2.09 bits per heavy atom. The van der Waals surface area contributed by atoms with Gasteiger partial charge < -0.3 is 10.1 Å². The Kier molecular flexibility index (Phi) is 3.32. The Hall–Kier alpha value is -2.37. The van der Waals surface area contributed by atoms with Gasteiger partial charge in [-0.3, -0.25) is 9.67 Å². The topological polar surface area (TPSA) is 66.7 Å². The van der Waals surface area contributed by atoms with Crippen molar-refractivity contribution in [3.05, 3.63) is 47.1 Å². The lowest BCUT2D eigenvalue weighted by atomic mass is 10.1. The molecule has 116 valence electrons. The molecular formula is C17H15ClN4O. The molecule has 23 heavy (non-hydrogen) atoms. The van der Waals surface area contributed by atoms with Crippen LogP contribution in [0.25, 0.3) is 33.3 Å². The summed E-state index contributed by atoms with van der Waals surface area (Å²) >= 11 is 6.08. The van der Waals surface area contributed by atoms with E-state index >= 15 is 0 Å². The number of rotatable bonds is 3. The van der Waals surface area contributed by atoms with E-state index in [1.165, 1.54) is 0 Å². The molecule has 0 aliphatic carbocycles. The number of aliphatic hydroxyl groups excluding tert-OH is 1. The lowest BCUT2D eigenvalue weighted by Crippen LogP contribution is -1.99. The summed E-state index contributed by atoms with van der Waals surface area (Å²) < 4.78 is 1.95. The number of nitrogens with one attached hydrogen (secondary N) is 1. The number of hydrogen-bond donors (Lipinski definition) is 2. The van der Waals surface area contributed by atoms with Gasteiger partial charge in [-0.05, 0) is 37.3 Å². The fraction of sp³-hybridized carbons (Fsp3) is 0.176. The van der Waals surface area contributed by atoms with Gasteiger partial charge in [0.1, 0.15) is 0 Å². The van der Waals surface area contributed by atoms with Crippen LogP contribution >= 0.6 is 11.6 Å². The summed E-state index contributed by atoms with van der Waals surface area (Å²) in [6.45, 7) is 2.77. The molecule has 4 rings (SSSR count). The second-order valence-electron chi connectivity index (χ2n) is 5.40. The van der Waals surface area contributed by atoms with Crippen LogP contribution in [0.1, 0.15) is 12.5 Å². The van der Waals surface area contributed by atoms with E-state index in [0.717, 1.165) is 45.4 Å². The molecule has 0 aliphatic heterocycles. The Morgan fingerprint density at radius 3 is 2.87 bits per heavy atom. The van der Waals surface area contributed by atoms with Crippen LogP contribution in [-0.2, 0) is 13.2 Å². The summed E-state index contributed by atoms with van der Waals surface area (Å²) in [6.07, 6.45) is 1.71. The van der Waals surface area contributed by atoms with Crippen LogP contribution in [0.5, 0.6) is 0 Å². The van der Waals surface area contributed by atoms with Gasteiger partial charge in [0.25, 0.3) is 0 Å². The Labute approximate surface area is 137 Å². The highest BCUT2D eigenvalue weighted by atomic mass is 35.5. The Balaban J connectivity index is 2.02. The maximum Gasteiger partial charge on any atom is 0.0945 e. The predicted molar refractivity (Wildman–Crippen MR) is 91.4 cm³/mol. The molecule has 3 heterocycles. The van der Waals surface area contributed by atoms with Crippen molar-refractivity contribution in [2.75, 3.05) is 0 Å². The number of aryl methyl sites for hydroxylation is 1. The van der Waals surface area contributed by atoms with Gasteiger partial charge in [-0.1, -0.05) is 11.6 Å². The summed E-state index contributed by atoms with van der Waals surface area (Å²) in [6, 6.07) is 9.53. The van der Waals surface area contributed by atoms with Gasteiger partial charge in [-0.2, -0.15) is 5.10 Å². The first-order chi connectivity index (χ1) is 11.2. The van der Waals surface area contributed by atoms with Crippen molar-refractivity contribution >= 4 is 33.5 Å². The number of halogens is 1. The van der Waals surface area contributed by atoms with Crippen molar-refractivity contribution < 1.29 is 5.11 Å². The van der Waals surface area contributed by atoms with E-state index in [1.807, 2.05) is 35.0 Å². The molecule has 0 saturated heterocycles. The van der Waals surface area contributed by atoms with E-state index in [2.05, 4.69) is 22.0 Å². The first-order valence-corrected chi connectivity index (χ1v) is 7.83. The second kappa shape index (κ2) is 5.37. The van der Waals surface area contributed by atoms with Gasteiger partial charge in [-0.25, -0.2) is 0 Å². The van der Waals surface area contributed by atoms with Gasteiger partial charge in [0.15, 0.2) is 0 Å². The third kappa shape index (κ3) is 2.20. The number of hydrogen-bond acceptors (Lipinski definition) is 3. The molecule has 0 radical (unpaired) electrons. The molecule has 0 unspecified atom stereocenters. The minimum absolute atomic E-state index is 0.0254. The van der Waals surface area contributed by atoms with Crippen LogP contribution in [0.4, 0.5) is 0 Å². The highest BCUT2D eigenvalue weighted by molar-refractivity contribution is 6.31. The largest absolute Gasteiger partial charge is 0.392 e. The predicted octanol–water partition coefficient (Wildman–Crippen LogP) is 3.75. The van der Waals surface area contributed by atoms with Crippen molar-refractivity contribution in [2.24, 2.45) is 0 Å². The molecule has 2 N–H and O–H groups in total. The zero-order valence-corrected chi connectivity index (χ0v) is 13.3. The minimum atomic E-state index is -0.0254. The van der Waals surface area contributed by atoms with Gasteiger partial charge >= 0.3 is 0 Å². The number of aromatic nitrogens is 4. The number of nitrogens with zero attached hydrogens (tertiary/aromatic N) is 3. The van der Waals surface area contributed by atoms with Gasteiger partial charge in [0.05, 0.1) is 34.5 Å². The Bertz CT molecular complexity index is 1020. The van der Waals surface area contributed by atoms with Crippen LogP contribution in [0, 0.1) is 0 Å².